The van der Waals surface area contributed by atoms with Crippen molar-refractivity contribution >= 4 is 5.97 Å². The zero-order chi connectivity index (χ0) is 18.2. The van der Waals surface area contributed by atoms with Crippen LogP contribution < -0.4 is 0 Å². The number of carbonyl (C=O) groups is 1. The van der Waals surface area contributed by atoms with Gasteiger partial charge in [0.05, 0.1) is 12.2 Å². The summed E-state index contributed by atoms with van der Waals surface area (Å²) in [5, 5.41) is 32.0. The summed E-state index contributed by atoms with van der Waals surface area (Å²) in [6, 6.07) is 0. The quantitative estimate of drug-likeness (QED) is 0.632. The van der Waals surface area contributed by atoms with Gasteiger partial charge in [0.2, 0.25) is 0 Å². The highest BCUT2D eigenvalue weighted by atomic mass is 16.5. The molecule has 5 nitrogen and oxygen atoms in total. The smallest absolute Gasteiger partial charge is 0.342 e. The Morgan fingerprint density at radius 2 is 1.96 bits per heavy atom. The summed E-state index contributed by atoms with van der Waals surface area (Å²) in [5.41, 5.74) is -0.921. The Morgan fingerprint density at radius 3 is 2.64 bits per heavy atom. The lowest BCUT2D eigenvalue weighted by Crippen LogP contribution is -2.63. The molecule has 2 fully saturated rings. The third-order valence-electron chi connectivity index (χ3n) is 7.62. The van der Waals surface area contributed by atoms with Crippen LogP contribution in [0, 0.1) is 22.7 Å². The van der Waals surface area contributed by atoms with E-state index in [9.17, 15) is 20.1 Å². The largest absolute Gasteiger partial charge is 0.423 e. The molecule has 0 bridgehead atoms. The molecule has 0 radical (unpaired) electrons. The van der Waals surface area contributed by atoms with E-state index in [0.717, 1.165) is 19.3 Å². The van der Waals surface area contributed by atoms with Gasteiger partial charge in [-0.2, -0.15) is 0 Å². The summed E-state index contributed by atoms with van der Waals surface area (Å²) in [4.78, 5) is 12.0. The van der Waals surface area contributed by atoms with Gasteiger partial charge in [0.25, 0.3) is 0 Å². The van der Waals surface area contributed by atoms with Crippen LogP contribution in [0.15, 0.2) is 23.0 Å². The van der Waals surface area contributed by atoms with E-state index < -0.39 is 24.3 Å². The first-order valence-electron chi connectivity index (χ1n) is 9.34. The van der Waals surface area contributed by atoms with Gasteiger partial charge in [0, 0.05) is 11.5 Å². The molecule has 0 aromatic heterocycles. The highest BCUT2D eigenvalue weighted by Crippen LogP contribution is 2.65. The Bertz CT molecular complexity index is 690. The Labute approximate surface area is 148 Å². The second kappa shape index (κ2) is 5.18. The lowest BCUT2D eigenvalue weighted by atomic mass is 9.44. The molecular weight excluding hydrogens is 320 g/mol. The van der Waals surface area contributed by atoms with Gasteiger partial charge in [-0.3, -0.25) is 0 Å². The summed E-state index contributed by atoms with van der Waals surface area (Å²) < 4.78 is 5.33. The van der Waals surface area contributed by atoms with Crippen molar-refractivity contribution in [2.45, 2.75) is 64.6 Å². The molecule has 25 heavy (non-hydrogen) atoms. The van der Waals surface area contributed by atoms with Gasteiger partial charge in [0.15, 0.2) is 0 Å². The zero-order valence-corrected chi connectivity index (χ0v) is 15.2. The number of rotatable bonds is 1. The van der Waals surface area contributed by atoms with Crippen LogP contribution in [0.4, 0.5) is 0 Å². The number of esters is 1. The normalized spacial score (nSPS) is 45.3. The second-order valence-corrected chi connectivity index (χ2v) is 9.28. The van der Waals surface area contributed by atoms with Gasteiger partial charge >= 0.3 is 5.97 Å². The van der Waals surface area contributed by atoms with Crippen molar-refractivity contribution < 1.29 is 24.9 Å². The minimum absolute atomic E-state index is 0.0712. The van der Waals surface area contributed by atoms with Gasteiger partial charge in [-0.15, -0.1) is 0 Å². The van der Waals surface area contributed by atoms with Crippen molar-refractivity contribution in [2.24, 2.45) is 22.7 Å². The highest BCUT2D eigenvalue weighted by molar-refractivity contribution is 5.95. The molecule has 5 atom stereocenters. The van der Waals surface area contributed by atoms with E-state index in [0.29, 0.717) is 18.1 Å². The van der Waals surface area contributed by atoms with Crippen molar-refractivity contribution in [1.82, 2.24) is 0 Å². The maximum absolute atomic E-state index is 12.0. The first-order chi connectivity index (χ1) is 11.6. The molecule has 138 valence electrons. The molecule has 3 aliphatic carbocycles. The summed E-state index contributed by atoms with van der Waals surface area (Å²) >= 11 is 0. The lowest BCUT2D eigenvalue weighted by molar-refractivity contribution is -0.194. The van der Waals surface area contributed by atoms with Gasteiger partial charge in [-0.1, -0.05) is 27.2 Å². The maximum Gasteiger partial charge on any atom is 0.342 e. The SMILES string of the molecule is CC1(C)CCCC2(C)C1CCC1(O)C(O)C3=C(CO)C(=O)OC3=CC21. The molecule has 5 unspecified atom stereocenters. The van der Waals surface area contributed by atoms with Crippen molar-refractivity contribution in [3.63, 3.8) is 0 Å². The number of ether oxygens (including phenoxy) is 1. The predicted octanol–water partition coefficient (Wildman–Crippen LogP) is 2.06. The number of aliphatic hydroxyl groups is 3. The Kier molecular flexibility index (Phi) is 3.57. The second-order valence-electron chi connectivity index (χ2n) is 9.28. The summed E-state index contributed by atoms with van der Waals surface area (Å²) in [6.45, 7) is 6.33. The van der Waals surface area contributed by atoms with E-state index in [2.05, 4.69) is 20.8 Å². The van der Waals surface area contributed by atoms with E-state index in [1.165, 1.54) is 6.42 Å². The third-order valence-corrected chi connectivity index (χ3v) is 7.62. The fourth-order valence-electron chi connectivity index (χ4n) is 6.45. The van der Waals surface area contributed by atoms with E-state index in [4.69, 9.17) is 4.74 Å². The fraction of sp³-hybridized carbons (Fsp3) is 0.750. The minimum atomic E-state index is -1.31. The number of carbonyl (C=O) groups excluding carboxylic acids is 1. The van der Waals surface area contributed by atoms with Gasteiger partial charge in [-0.25, -0.2) is 4.79 Å². The summed E-state index contributed by atoms with van der Waals surface area (Å²) in [7, 11) is 0. The van der Waals surface area contributed by atoms with Gasteiger partial charge in [0.1, 0.15) is 17.5 Å². The van der Waals surface area contributed by atoms with Crippen LogP contribution in [-0.2, 0) is 9.53 Å². The molecule has 0 spiro atoms. The summed E-state index contributed by atoms with van der Waals surface area (Å²) in [6.07, 6.45) is 5.26. The third kappa shape index (κ3) is 2.09. The standard InChI is InChI=1S/C20H28O5/c1-18(2)6-4-7-19(3)13(18)5-8-20(24)14(19)9-12-15(16(20)22)11(10-21)17(23)25-12/h9,13-14,16,21-22,24H,4-8,10H2,1-3H3. The average molecular weight is 348 g/mol. The highest BCUT2D eigenvalue weighted by Gasteiger charge is 2.64. The Hall–Kier alpha value is -1.17. The van der Waals surface area contributed by atoms with Crippen LogP contribution in [0.1, 0.15) is 52.9 Å². The lowest BCUT2D eigenvalue weighted by Gasteiger charge is -2.62. The van der Waals surface area contributed by atoms with Crippen molar-refractivity contribution in [3.8, 4) is 0 Å². The van der Waals surface area contributed by atoms with Crippen LogP contribution in [-0.4, -0.2) is 39.6 Å². The molecule has 4 rings (SSSR count). The van der Waals surface area contributed by atoms with Crippen LogP contribution in [0.25, 0.3) is 0 Å². The van der Waals surface area contributed by atoms with Crippen molar-refractivity contribution in [3.05, 3.63) is 23.0 Å². The molecule has 1 aliphatic heterocycles. The molecule has 1 heterocycles. The number of hydrogen-bond donors (Lipinski definition) is 3. The number of hydrogen-bond acceptors (Lipinski definition) is 5. The molecule has 0 aromatic rings. The van der Waals surface area contributed by atoms with E-state index in [1.807, 2.05) is 6.08 Å². The molecule has 0 saturated heterocycles. The Morgan fingerprint density at radius 1 is 1.24 bits per heavy atom. The molecule has 4 aliphatic rings. The predicted molar refractivity (Wildman–Crippen MR) is 91.2 cm³/mol. The summed E-state index contributed by atoms with van der Waals surface area (Å²) in [5.74, 6) is -0.0989. The van der Waals surface area contributed by atoms with Crippen LogP contribution in [0.3, 0.4) is 0 Å². The minimum Gasteiger partial charge on any atom is -0.423 e. The maximum atomic E-state index is 12.0. The first-order valence-corrected chi connectivity index (χ1v) is 9.34. The van der Waals surface area contributed by atoms with E-state index >= 15 is 0 Å². The van der Waals surface area contributed by atoms with Crippen molar-refractivity contribution in [2.75, 3.05) is 6.61 Å². The van der Waals surface area contributed by atoms with Crippen molar-refractivity contribution in [1.29, 1.82) is 0 Å². The molecule has 3 N–H and O–H groups in total. The van der Waals surface area contributed by atoms with Gasteiger partial charge in [-0.05, 0) is 48.5 Å². The molecule has 0 amide bonds. The number of fused-ring (bicyclic) bond motifs is 4. The average Bonchev–Trinajstić information content (AvgIpc) is 2.84. The molecule has 5 heteroatoms. The van der Waals surface area contributed by atoms with Crippen LogP contribution in [0.5, 0.6) is 0 Å². The first kappa shape index (κ1) is 17.3. The zero-order valence-electron chi connectivity index (χ0n) is 15.2. The van der Waals surface area contributed by atoms with E-state index in [-0.39, 0.29) is 27.9 Å². The molecular formula is C20H28O5. The van der Waals surface area contributed by atoms with Gasteiger partial charge < -0.3 is 20.1 Å². The molecule has 2 saturated carbocycles. The fourth-order valence-corrected chi connectivity index (χ4v) is 6.45. The Balaban J connectivity index is 1.86. The number of aliphatic hydroxyl groups excluding tert-OH is 2. The molecule has 0 aromatic carbocycles. The van der Waals surface area contributed by atoms with Crippen LogP contribution >= 0.6 is 0 Å². The van der Waals surface area contributed by atoms with Crippen LogP contribution in [0.2, 0.25) is 0 Å². The van der Waals surface area contributed by atoms with E-state index in [1.54, 1.807) is 0 Å². The monoisotopic (exact) mass is 348 g/mol. The topological polar surface area (TPSA) is 87.0 Å².